The third kappa shape index (κ3) is 1.59. The molecule has 0 saturated carbocycles. The van der Waals surface area contributed by atoms with Gasteiger partial charge in [-0.3, -0.25) is 0 Å². The zero-order chi connectivity index (χ0) is 12.0. The zero-order valence-corrected chi connectivity index (χ0v) is 11.6. The highest BCUT2D eigenvalue weighted by atomic mass is 79.9. The van der Waals surface area contributed by atoms with E-state index in [1.807, 2.05) is 6.92 Å². The highest BCUT2D eigenvalue weighted by molar-refractivity contribution is 9.10. The molecule has 1 heterocycles. The van der Waals surface area contributed by atoms with Gasteiger partial charge >= 0.3 is 0 Å². The van der Waals surface area contributed by atoms with Gasteiger partial charge in [-0.05, 0) is 44.9 Å². The molecule has 1 unspecified atom stereocenters. The number of nitrogens with two attached hydrogens (primary N) is 1. The number of hydrogen-bond donors (Lipinski definition) is 1. The summed E-state index contributed by atoms with van der Waals surface area (Å²) in [5, 5.41) is 1.18. The number of halogens is 1. The molecule has 0 amide bonds. The lowest BCUT2D eigenvalue weighted by Gasteiger charge is -2.04. The summed E-state index contributed by atoms with van der Waals surface area (Å²) < 4.78 is 6.98. The minimum Gasteiger partial charge on any atom is -0.459 e. The van der Waals surface area contributed by atoms with Crippen LogP contribution >= 0.6 is 15.9 Å². The van der Waals surface area contributed by atoms with Crippen molar-refractivity contribution in [3.8, 4) is 0 Å². The molecule has 2 N–H and O–H groups in total. The van der Waals surface area contributed by atoms with Crippen molar-refractivity contribution in [1.82, 2.24) is 0 Å². The molecule has 0 fully saturated rings. The predicted octanol–water partition coefficient (Wildman–Crippen LogP) is 4.14. The second-order valence-electron chi connectivity index (χ2n) is 4.39. The Morgan fingerprint density at radius 3 is 2.44 bits per heavy atom. The first kappa shape index (κ1) is 11.7. The first-order valence-corrected chi connectivity index (χ1v) is 6.17. The lowest BCUT2D eigenvalue weighted by molar-refractivity contribution is 0.509. The van der Waals surface area contributed by atoms with Gasteiger partial charge in [0.2, 0.25) is 0 Å². The Morgan fingerprint density at radius 2 is 1.88 bits per heavy atom. The molecule has 16 heavy (non-hydrogen) atoms. The number of benzene rings is 1. The zero-order valence-electron chi connectivity index (χ0n) is 10.0. The third-order valence-corrected chi connectivity index (χ3v) is 4.24. The van der Waals surface area contributed by atoms with Crippen molar-refractivity contribution in [3.05, 3.63) is 33.0 Å². The first-order chi connectivity index (χ1) is 7.43. The van der Waals surface area contributed by atoms with Gasteiger partial charge in [0.1, 0.15) is 11.3 Å². The van der Waals surface area contributed by atoms with Crippen molar-refractivity contribution in [2.75, 3.05) is 0 Å². The summed E-state index contributed by atoms with van der Waals surface area (Å²) in [6, 6.07) is 2.00. The quantitative estimate of drug-likeness (QED) is 0.853. The maximum absolute atomic E-state index is 5.90. The predicted molar refractivity (Wildman–Crippen MR) is 70.7 cm³/mol. The van der Waals surface area contributed by atoms with Crippen LogP contribution < -0.4 is 5.73 Å². The summed E-state index contributed by atoms with van der Waals surface area (Å²) in [4.78, 5) is 0. The number of fused-ring (bicyclic) bond motifs is 1. The molecule has 0 aliphatic carbocycles. The number of furan rings is 1. The fourth-order valence-corrected chi connectivity index (χ4v) is 2.53. The van der Waals surface area contributed by atoms with Gasteiger partial charge in [0.05, 0.1) is 6.04 Å². The fraction of sp³-hybridized carbons (Fsp3) is 0.385. The molecule has 0 aliphatic rings. The Hall–Kier alpha value is -0.800. The van der Waals surface area contributed by atoms with Gasteiger partial charge in [0.15, 0.2) is 0 Å². The maximum Gasteiger partial charge on any atom is 0.135 e. The molecule has 3 heteroatoms. The van der Waals surface area contributed by atoms with E-state index < -0.39 is 0 Å². The van der Waals surface area contributed by atoms with Crippen LogP contribution in [0.3, 0.4) is 0 Å². The van der Waals surface area contributed by atoms with Gasteiger partial charge < -0.3 is 10.2 Å². The summed E-state index contributed by atoms with van der Waals surface area (Å²) in [5.74, 6) is 0.885. The van der Waals surface area contributed by atoms with Crippen LogP contribution in [-0.2, 0) is 0 Å². The molecule has 2 aromatic rings. The standard InChI is InChI=1S/C13H16BrNO/c1-6-5-10-11(7(2)12(6)14)8(3)13(16-10)9(4)15/h5,9H,15H2,1-4H3. The molecule has 2 rings (SSSR count). The minimum absolute atomic E-state index is 0.0640. The fourth-order valence-electron chi connectivity index (χ4n) is 2.22. The highest BCUT2D eigenvalue weighted by Gasteiger charge is 2.17. The van der Waals surface area contributed by atoms with Crippen LogP contribution in [0, 0.1) is 20.8 Å². The van der Waals surface area contributed by atoms with Crippen LogP contribution in [0.5, 0.6) is 0 Å². The molecule has 0 radical (unpaired) electrons. The number of rotatable bonds is 1. The average Bonchev–Trinajstić information content (AvgIpc) is 2.52. The van der Waals surface area contributed by atoms with Crippen molar-refractivity contribution in [1.29, 1.82) is 0 Å². The van der Waals surface area contributed by atoms with E-state index in [0.29, 0.717) is 0 Å². The topological polar surface area (TPSA) is 39.2 Å². The van der Waals surface area contributed by atoms with Crippen LogP contribution in [0.2, 0.25) is 0 Å². The first-order valence-electron chi connectivity index (χ1n) is 5.37. The van der Waals surface area contributed by atoms with E-state index in [4.69, 9.17) is 10.2 Å². The van der Waals surface area contributed by atoms with Gasteiger partial charge in [-0.2, -0.15) is 0 Å². The third-order valence-electron chi connectivity index (χ3n) is 3.02. The molecule has 0 spiro atoms. The van der Waals surface area contributed by atoms with E-state index >= 15 is 0 Å². The van der Waals surface area contributed by atoms with E-state index in [0.717, 1.165) is 21.4 Å². The normalized spacial score (nSPS) is 13.4. The SMILES string of the molecule is Cc1cc2oc(C(C)N)c(C)c2c(C)c1Br. The monoisotopic (exact) mass is 281 g/mol. The molecule has 1 aromatic carbocycles. The molecular weight excluding hydrogens is 266 g/mol. The molecule has 0 bridgehead atoms. The Kier molecular flexibility index (Phi) is 2.84. The van der Waals surface area contributed by atoms with Crippen molar-refractivity contribution < 1.29 is 4.42 Å². The molecule has 1 atom stereocenters. The van der Waals surface area contributed by atoms with Gasteiger partial charge in [-0.15, -0.1) is 0 Å². The van der Waals surface area contributed by atoms with Gasteiger partial charge in [0.25, 0.3) is 0 Å². The Balaban J connectivity index is 2.88. The van der Waals surface area contributed by atoms with E-state index in [2.05, 4.69) is 42.8 Å². The maximum atomic E-state index is 5.90. The summed E-state index contributed by atoms with van der Waals surface area (Å²) >= 11 is 3.61. The highest BCUT2D eigenvalue weighted by Crippen LogP contribution is 2.35. The lowest BCUT2D eigenvalue weighted by atomic mass is 10.0. The smallest absolute Gasteiger partial charge is 0.135 e. The van der Waals surface area contributed by atoms with E-state index in [9.17, 15) is 0 Å². The van der Waals surface area contributed by atoms with Crippen LogP contribution in [0.1, 0.15) is 35.4 Å². The Labute approximate surface area is 104 Å². The van der Waals surface area contributed by atoms with Crippen molar-refractivity contribution in [2.24, 2.45) is 5.73 Å². The van der Waals surface area contributed by atoms with Gasteiger partial charge in [-0.1, -0.05) is 15.9 Å². The van der Waals surface area contributed by atoms with Crippen LogP contribution in [0.25, 0.3) is 11.0 Å². The van der Waals surface area contributed by atoms with Crippen molar-refractivity contribution in [3.63, 3.8) is 0 Å². The largest absolute Gasteiger partial charge is 0.459 e. The van der Waals surface area contributed by atoms with Gasteiger partial charge in [0, 0.05) is 15.4 Å². The Morgan fingerprint density at radius 1 is 1.25 bits per heavy atom. The molecular formula is C13H16BrNO. The summed E-state index contributed by atoms with van der Waals surface area (Å²) in [6.07, 6.45) is 0. The van der Waals surface area contributed by atoms with Gasteiger partial charge in [-0.25, -0.2) is 0 Å². The molecule has 2 nitrogen and oxygen atoms in total. The Bertz CT molecular complexity index is 555. The van der Waals surface area contributed by atoms with E-state index in [-0.39, 0.29) is 6.04 Å². The average molecular weight is 282 g/mol. The van der Waals surface area contributed by atoms with Crippen molar-refractivity contribution in [2.45, 2.75) is 33.7 Å². The molecule has 0 aliphatic heterocycles. The van der Waals surface area contributed by atoms with E-state index in [1.54, 1.807) is 0 Å². The van der Waals surface area contributed by atoms with E-state index in [1.165, 1.54) is 16.5 Å². The summed E-state index contributed by atoms with van der Waals surface area (Å²) in [5.41, 5.74) is 10.4. The number of hydrogen-bond acceptors (Lipinski definition) is 2. The summed E-state index contributed by atoms with van der Waals surface area (Å²) in [6.45, 7) is 8.19. The van der Waals surface area contributed by atoms with Crippen LogP contribution in [-0.4, -0.2) is 0 Å². The lowest BCUT2D eigenvalue weighted by Crippen LogP contribution is -2.04. The molecule has 0 saturated heterocycles. The minimum atomic E-state index is -0.0640. The number of aryl methyl sites for hydroxylation is 3. The second-order valence-corrected chi connectivity index (χ2v) is 5.18. The second kappa shape index (κ2) is 3.90. The van der Waals surface area contributed by atoms with Crippen LogP contribution in [0.15, 0.2) is 15.0 Å². The molecule has 86 valence electrons. The summed E-state index contributed by atoms with van der Waals surface area (Å²) in [7, 11) is 0. The molecule has 1 aromatic heterocycles. The van der Waals surface area contributed by atoms with Crippen LogP contribution in [0.4, 0.5) is 0 Å². The van der Waals surface area contributed by atoms with Crippen molar-refractivity contribution >= 4 is 26.9 Å².